The van der Waals surface area contributed by atoms with Crippen LogP contribution in [-0.4, -0.2) is 42.0 Å². The third kappa shape index (κ3) is 3.86. The minimum Gasteiger partial charge on any atom is -0.343 e. The van der Waals surface area contributed by atoms with Crippen molar-refractivity contribution < 1.29 is 9.59 Å². The monoisotopic (exact) mass is 361 g/mol. The van der Waals surface area contributed by atoms with E-state index in [0.29, 0.717) is 19.0 Å². The quantitative estimate of drug-likeness (QED) is 0.788. The minimum absolute atomic E-state index is 0.0434. The third-order valence-corrected chi connectivity index (χ3v) is 7.56. The zero-order valence-corrected chi connectivity index (χ0v) is 16.3. The van der Waals surface area contributed by atoms with Crippen LogP contribution in [-0.2, 0) is 4.79 Å². The molecule has 0 saturated heterocycles. The van der Waals surface area contributed by atoms with E-state index in [1.807, 2.05) is 11.9 Å². The van der Waals surface area contributed by atoms with Gasteiger partial charge in [-0.3, -0.25) is 4.79 Å². The summed E-state index contributed by atoms with van der Waals surface area (Å²) in [5.41, 5.74) is 0.0434. The molecule has 5 rings (SSSR count). The van der Waals surface area contributed by atoms with Crippen LogP contribution in [0.2, 0.25) is 0 Å². The summed E-state index contributed by atoms with van der Waals surface area (Å²) in [6, 6.07) is 0.331. The van der Waals surface area contributed by atoms with Gasteiger partial charge in [0.15, 0.2) is 0 Å². The topological polar surface area (TPSA) is 61.4 Å². The Balaban J connectivity index is 1.20. The van der Waals surface area contributed by atoms with E-state index >= 15 is 0 Å². The second kappa shape index (κ2) is 7.40. The lowest BCUT2D eigenvalue weighted by Crippen LogP contribution is -2.61. The molecule has 0 aliphatic heterocycles. The van der Waals surface area contributed by atoms with E-state index in [1.165, 1.54) is 38.5 Å². The van der Waals surface area contributed by atoms with Crippen molar-refractivity contribution in [2.75, 3.05) is 13.6 Å². The highest BCUT2D eigenvalue weighted by atomic mass is 16.2. The average Bonchev–Trinajstić information content (AvgIpc) is 2.60. The third-order valence-electron chi connectivity index (χ3n) is 7.56. The summed E-state index contributed by atoms with van der Waals surface area (Å²) in [5.74, 6) is 2.64. The number of carbonyl (C=O) groups excluding carboxylic acids is 2. The highest BCUT2D eigenvalue weighted by molar-refractivity contribution is 5.78. The predicted octanol–water partition coefficient (Wildman–Crippen LogP) is 3.44. The summed E-state index contributed by atoms with van der Waals surface area (Å²) >= 11 is 0. The summed E-state index contributed by atoms with van der Waals surface area (Å²) in [7, 11) is 1.92. The average molecular weight is 362 g/mol. The van der Waals surface area contributed by atoms with Crippen LogP contribution in [0.25, 0.3) is 0 Å². The van der Waals surface area contributed by atoms with Gasteiger partial charge in [-0.15, -0.1) is 0 Å². The molecule has 0 unspecified atom stereocenters. The maximum Gasteiger partial charge on any atom is 0.315 e. The van der Waals surface area contributed by atoms with Crippen LogP contribution in [0.5, 0.6) is 0 Å². The van der Waals surface area contributed by atoms with Crippen LogP contribution in [0.1, 0.15) is 77.0 Å². The van der Waals surface area contributed by atoms with E-state index in [9.17, 15) is 9.59 Å². The maximum atomic E-state index is 12.4. The number of urea groups is 1. The van der Waals surface area contributed by atoms with Gasteiger partial charge in [0.05, 0.1) is 0 Å². The van der Waals surface area contributed by atoms with Crippen molar-refractivity contribution in [2.24, 2.45) is 17.8 Å². The standard InChI is InChI=1S/C21H35N3O2/c1-24(18-5-3-2-4-6-18)19(25)7-8-22-20(26)23-21-12-15-9-16(13-21)11-17(10-15)14-21/h15-18H,2-14H2,1H3,(H2,22,23,26). The molecule has 0 radical (unpaired) electrons. The van der Waals surface area contributed by atoms with E-state index in [4.69, 9.17) is 0 Å². The smallest absolute Gasteiger partial charge is 0.315 e. The van der Waals surface area contributed by atoms with Crippen LogP contribution in [0.15, 0.2) is 0 Å². The van der Waals surface area contributed by atoms with Gasteiger partial charge in [-0.05, 0) is 69.1 Å². The number of nitrogens with one attached hydrogen (secondary N) is 2. The number of hydrogen-bond donors (Lipinski definition) is 2. The van der Waals surface area contributed by atoms with Crippen LogP contribution in [0.4, 0.5) is 4.79 Å². The summed E-state index contributed by atoms with van der Waals surface area (Å²) in [5, 5.41) is 6.26. The molecular weight excluding hydrogens is 326 g/mol. The van der Waals surface area contributed by atoms with Gasteiger partial charge in [0.1, 0.15) is 0 Å². The normalized spacial score (nSPS) is 36.0. The fraction of sp³-hybridized carbons (Fsp3) is 0.905. The van der Waals surface area contributed by atoms with Crippen molar-refractivity contribution in [1.29, 1.82) is 0 Å². The van der Waals surface area contributed by atoms with Gasteiger partial charge in [-0.1, -0.05) is 19.3 Å². The van der Waals surface area contributed by atoms with Crippen molar-refractivity contribution in [3.63, 3.8) is 0 Å². The molecule has 0 aromatic rings. The first kappa shape index (κ1) is 18.1. The Hall–Kier alpha value is -1.26. The molecule has 3 amide bonds. The molecule has 5 aliphatic carbocycles. The zero-order valence-electron chi connectivity index (χ0n) is 16.3. The van der Waals surface area contributed by atoms with Crippen molar-refractivity contribution in [3.05, 3.63) is 0 Å². The zero-order chi connectivity index (χ0) is 18.1. The number of rotatable bonds is 5. The molecule has 0 heterocycles. The van der Waals surface area contributed by atoms with Crippen LogP contribution in [0, 0.1) is 17.8 Å². The van der Waals surface area contributed by atoms with E-state index < -0.39 is 0 Å². The molecule has 5 aliphatic rings. The SMILES string of the molecule is CN(C(=O)CCNC(=O)NC12CC3CC(CC(C3)C1)C2)C1CCCCC1. The summed E-state index contributed by atoms with van der Waals surface area (Å²) in [4.78, 5) is 26.7. The summed E-state index contributed by atoms with van der Waals surface area (Å²) in [6.07, 6.45) is 14.0. The highest BCUT2D eigenvalue weighted by Crippen LogP contribution is 2.55. The Kier molecular flexibility index (Phi) is 5.15. The van der Waals surface area contributed by atoms with Crippen molar-refractivity contribution in [3.8, 4) is 0 Å². The summed E-state index contributed by atoms with van der Waals surface area (Å²) < 4.78 is 0. The van der Waals surface area contributed by atoms with Gasteiger partial charge < -0.3 is 15.5 Å². The van der Waals surface area contributed by atoms with Crippen molar-refractivity contribution in [2.45, 2.75) is 88.6 Å². The van der Waals surface area contributed by atoms with Crippen LogP contribution >= 0.6 is 0 Å². The van der Waals surface area contributed by atoms with Gasteiger partial charge in [0.25, 0.3) is 0 Å². The van der Waals surface area contributed by atoms with Crippen LogP contribution in [0.3, 0.4) is 0 Å². The second-order valence-corrected chi connectivity index (χ2v) is 9.63. The van der Waals surface area contributed by atoms with Crippen LogP contribution < -0.4 is 10.6 Å². The molecule has 0 aromatic carbocycles. The molecule has 5 heteroatoms. The van der Waals surface area contributed by atoms with E-state index in [1.54, 1.807) is 0 Å². The number of hydrogen-bond acceptors (Lipinski definition) is 2. The number of nitrogens with zero attached hydrogens (tertiary/aromatic N) is 1. The Morgan fingerprint density at radius 1 is 0.962 bits per heavy atom. The Morgan fingerprint density at radius 3 is 2.12 bits per heavy atom. The first-order valence-corrected chi connectivity index (χ1v) is 10.8. The summed E-state index contributed by atoms with van der Waals surface area (Å²) in [6.45, 7) is 0.439. The lowest BCUT2D eigenvalue weighted by molar-refractivity contribution is -0.132. The molecule has 5 saturated carbocycles. The molecule has 0 aromatic heterocycles. The number of amides is 3. The second-order valence-electron chi connectivity index (χ2n) is 9.63. The fourth-order valence-corrected chi connectivity index (χ4v) is 6.68. The highest BCUT2D eigenvalue weighted by Gasteiger charge is 2.51. The first-order chi connectivity index (χ1) is 12.5. The predicted molar refractivity (Wildman–Crippen MR) is 102 cm³/mol. The van der Waals surface area contributed by atoms with E-state index in [0.717, 1.165) is 49.9 Å². The van der Waals surface area contributed by atoms with E-state index in [-0.39, 0.29) is 17.5 Å². The number of carbonyl (C=O) groups is 2. The van der Waals surface area contributed by atoms with Gasteiger partial charge in [0, 0.05) is 31.6 Å². The lowest BCUT2D eigenvalue weighted by atomic mass is 9.53. The minimum atomic E-state index is -0.0694. The Morgan fingerprint density at radius 2 is 1.54 bits per heavy atom. The maximum absolute atomic E-state index is 12.4. The van der Waals surface area contributed by atoms with Gasteiger partial charge in [-0.2, -0.15) is 0 Å². The fourth-order valence-electron chi connectivity index (χ4n) is 6.68. The molecule has 2 N–H and O–H groups in total. The lowest BCUT2D eigenvalue weighted by Gasteiger charge is -2.56. The molecule has 0 spiro atoms. The Labute approximate surface area is 157 Å². The first-order valence-electron chi connectivity index (χ1n) is 10.8. The molecule has 26 heavy (non-hydrogen) atoms. The van der Waals surface area contributed by atoms with Gasteiger partial charge in [-0.25, -0.2) is 4.79 Å². The largest absolute Gasteiger partial charge is 0.343 e. The van der Waals surface area contributed by atoms with E-state index in [2.05, 4.69) is 10.6 Å². The molecule has 5 nitrogen and oxygen atoms in total. The molecule has 0 atom stereocenters. The van der Waals surface area contributed by atoms with Crippen molar-refractivity contribution >= 4 is 11.9 Å². The van der Waals surface area contributed by atoms with Gasteiger partial charge >= 0.3 is 6.03 Å². The van der Waals surface area contributed by atoms with Crippen molar-refractivity contribution in [1.82, 2.24) is 15.5 Å². The molecule has 146 valence electrons. The molecule has 4 bridgehead atoms. The molecular formula is C21H35N3O2. The Bertz CT molecular complexity index is 506. The molecule has 5 fully saturated rings. The van der Waals surface area contributed by atoms with Gasteiger partial charge in [0.2, 0.25) is 5.91 Å².